The van der Waals surface area contributed by atoms with Gasteiger partial charge in [0.25, 0.3) is 0 Å². The average molecular weight is 521 g/mol. The van der Waals surface area contributed by atoms with Gasteiger partial charge in [-0.15, -0.1) is 11.6 Å². The number of anilines is 1. The summed E-state index contributed by atoms with van der Waals surface area (Å²) in [5, 5.41) is 4.13. The number of hydrogen-bond donors (Lipinski definition) is 1. The molecule has 0 spiro atoms. The van der Waals surface area contributed by atoms with Gasteiger partial charge in [0, 0.05) is 38.3 Å². The molecule has 36 heavy (non-hydrogen) atoms. The van der Waals surface area contributed by atoms with Gasteiger partial charge >= 0.3 is 0 Å². The SMILES string of the molecule is Cc1ccc(CNC(=S)N2CCN(c3nc(CCl)nc4ccc(-c5ccc(F)cc5)nc34)CC2)cc1. The van der Waals surface area contributed by atoms with Gasteiger partial charge in [-0.3, -0.25) is 0 Å². The van der Waals surface area contributed by atoms with Crippen molar-refractivity contribution in [2.45, 2.75) is 19.3 Å². The van der Waals surface area contributed by atoms with E-state index in [9.17, 15) is 4.39 Å². The molecule has 1 saturated heterocycles. The van der Waals surface area contributed by atoms with Gasteiger partial charge < -0.3 is 15.1 Å². The summed E-state index contributed by atoms with van der Waals surface area (Å²) in [5.74, 6) is 1.26. The minimum absolute atomic E-state index is 0.218. The van der Waals surface area contributed by atoms with Crippen LogP contribution >= 0.6 is 23.8 Å². The largest absolute Gasteiger partial charge is 0.358 e. The molecular weight excluding hydrogens is 495 g/mol. The smallest absolute Gasteiger partial charge is 0.169 e. The molecule has 1 N–H and O–H groups in total. The summed E-state index contributed by atoms with van der Waals surface area (Å²) in [4.78, 5) is 18.6. The third-order valence-electron chi connectivity index (χ3n) is 6.26. The van der Waals surface area contributed by atoms with E-state index in [1.165, 1.54) is 23.3 Å². The molecule has 4 aromatic rings. The van der Waals surface area contributed by atoms with Crippen molar-refractivity contribution in [3.8, 4) is 11.3 Å². The fourth-order valence-corrected chi connectivity index (χ4v) is 4.60. The first-order valence-corrected chi connectivity index (χ1v) is 12.8. The van der Waals surface area contributed by atoms with Gasteiger partial charge in [0.2, 0.25) is 0 Å². The van der Waals surface area contributed by atoms with Crippen molar-refractivity contribution >= 4 is 45.8 Å². The van der Waals surface area contributed by atoms with E-state index in [-0.39, 0.29) is 11.7 Å². The predicted molar refractivity (Wildman–Crippen MR) is 147 cm³/mol. The number of aryl methyl sites for hydroxylation is 1. The summed E-state index contributed by atoms with van der Waals surface area (Å²) >= 11 is 11.8. The van der Waals surface area contributed by atoms with Crippen molar-refractivity contribution in [2.24, 2.45) is 0 Å². The number of fused-ring (bicyclic) bond motifs is 1. The molecule has 184 valence electrons. The van der Waals surface area contributed by atoms with Crippen LogP contribution in [0.3, 0.4) is 0 Å². The number of benzene rings is 2. The molecular formula is C27H26ClFN6S. The Kier molecular flexibility index (Phi) is 7.25. The lowest BCUT2D eigenvalue weighted by atomic mass is 10.1. The highest BCUT2D eigenvalue weighted by Gasteiger charge is 2.23. The molecule has 2 aromatic carbocycles. The zero-order valence-corrected chi connectivity index (χ0v) is 21.5. The first kappa shape index (κ1) is 24.3. The van der Waals surface area contributed by atoms with E-state index in [0.29, 0.717) is 17.9 Å². The van der Waals surface area contributed by atoms with Crippen LogP contribution in [0.2, 0.25) is 0 Å². The standard InChI is InChI=1S/C27H26ClFN6S/c1-18-2-4-19(5-3-18)17-30-27(36)35-14-12-34(13-15-35)26-25-23(31-24(16-28)33-26)11-10-22(32-25)20-6-8-21(29)9-7-20/h2-11H,12-17H2,1H3,(H,30,36). The first-order chi connectivity index (χ1) is 17.5. The molecule has 0 unspecified atom stereocenters. The van der Waals surface area contributed by atoms with Crippen LogP contribution in [0.15, 0.2) is 60.7 Å². The Balaban J connectivity index is 1.32. The third-order valence-corrected chi connectivity index (χ3v) is 6.90. The molecule has 9 heteroatoms. The molecule has 5 rings (SSSR count). The van der Waals surface area contributed by atoms with Crippen molar-refractivity contribution in [1.29, 1.82) is 0 Å². The summed E-state index contributed by atoms with van der Waals surface area (Å²) in [6.45, 7) is 5.78. The third kappa shape index (κ3) is 5.39. The number of aromatic nitrogens is 3. The number of hydrogen-bond acceptors (Lipinski definition) is 5. The number of halogens is 2. The monoisotopic (exact) mass is 520 g/mol. The number of nitrogens with one attached hydrogen (secondary N) is 1. The lowest BCUT2D eigenvalue weighted by Crippen LogP contribution is -2.51. The Labute approximate surface area is 220 Å². The van der Waals surface area contributed by atoms with E-state index in [1.54, 1.807) is 12.1 Å². The minimum atomic E-state index is -0.278. The zero-order valence-electron chi connectivity index (χ0n) is 19.9. The number of pyridine rings is 1. The van der Waals surface area contributed by atoms with Gasteiger partial charge in [0.15, 0.2) is 10.9 Å². The molecule has 0 bridgehead atoms. The Morgan fingerprint density at radius 1 is 0.944 bits per heavy atom. The Bertz CT molecular complexity index is 1370. The molecule has 0 aliphatic carbocycles. The fraction of sp³-hybridized carbons (Fsp3) is 0.259. The second-order valence-electron chi connectivity index (χ2n) is 8.79. The maximum atomic E-state index is 13.4. The van der Waals surface area contributed by atoms with Gasteiger partial charge in [-0.1, -0.05) is 29.8 Å². The van der Waals surface area contributed by atoms with Crippen molar-refractivity contribution in [2.75, 3.05) is 31.1 Å². The molecule has 0 saturated carbocycles. The lowest BCUT2D eigenvalue weighted by molar-refractivity contribution is 0.379. The zero-order chi connectivity index (χ0) is 25.1. The van der Waals surface area contributed by atoms with Crippen LogP contribution in [0.25, 0.3) is 22.3 Å². The van der Waals surface area contributed by atoms with Crippen LogP contribution in [-0.2, 0) is 12.4 Å². The number of piperazine rings is 1. The van der Waals surface area contributed by atoms with E-state index in [1.807, 2.05) is 12.1 Å². The summed E-state index contributed by atoms with van der Waals surface area (Å²) < 4.78 is 13.4. The number of alkyl halides is 1. The van der Waals surface area contributed by atoms with Crippen LogP contribution in [0.1, 0.15) is 17.0 Å². The highest BCUT2D eigenvalue weighted by atomic mass is 35.5. The molecule has 0 radical (unpaired) electrons. The summed E-state index contributed by atoms with van der Waals surface area (Å²) in [5.41, 5.74) is 5.46. The molecule has 0 amide bonds. The number of nitrogens with zero attached hydrogens (tertiary/aromatic N) is 5. The second kappa shape index (κ2) is 10.7. The van der Waals surface area contributed by atoms with Gasteiger partial charge in [0.1, 0.15) is 17.2 Å². The second-order valence-corrected chi connectivity index (χ2v) is 9.44. The van der Waals surface area contributed by atoms with Crippen molar-refractivity contribution in [3.63, 3.8) is 0 Å². The van der Waals surface area contributed by atoms with Crippen molar-refractivity contribution in [3.05, 3.63) is 83.4 Å². The maximum absolute atomic E-state index is 13.4. The molecule has 1 aliphatic rings. The number of thiocarbonyl (C=S) groups is 1. The van der Waals surface area contributed by atoms with E-state index >= 15 is 0 Å². The predicted octanol–water partition coefficient (Wildman–Crippen LogP) is 5.07. The van der Waals surface area contributed by atoms with Gasteiger partial charge in [-0.25, -0.2) is 19.3 Å². The average Bonchev–Trinajstić information content (AvgIpc) is 2.92. The van der Waals surface area contributed by atoms with Gasteiger partial charge in [0.05, 0.1) is 17.1 Å². The topological polar surface area (TPSA) is 57.2 Å². The van der Waals surface area contributed by atoms with Crippen molar-refractivity contribution < 1.29 is 4.39 Å². The highest BCUT2D eigenvalue weighted by molar-refractivity contribution is 7.80. The number of rotatable bonds is 5. The molecule has 6 nitrogen and oxygen atoms in total. The van der Waals surface area contributed by atoms with E-state index in [0.717, 1.165) is 53.9 Å². The lowest BCUT2D eigenvalue weighted by Gasteiger charge is -2.37. The van der Waals surface area contributed by atoms with E-state index in [4.69, 9.17) is 33.8 Å². The van der Waals surface area contributed by atoms with Crippen LogP contribution in [0, 0.1) is 12.7 Å². The Morgan fingerprint density at radius 2 is 1.67 bits per heavy atom. The molecule has 2 aromatic heterocycles. The normalized spacial score (nSPS) is 13.8. The quantitative estimate of drug-likeness (QED) is 0.291. The van der Waals surface area contributed by atoms with Crippen LogP contribution in [0.4, 0.5) is 10.2 Å². The van der Waals surface area contributed by atoms with Gasteiger partial charge in [-0.2, -0.15) is 0 Å². The van der Waals surface area contributed by atoms with E-state index < -0.39 is 0 Å². The maximum Gasteiger partial charge on any atom is 0.169 e. The highest BCUT2D eigenvalue weighted by Crippen LogP contribution is 2.27. The molecule has 1 fully saturated rings. The van der Waals surface area contributed by atoms with E-state index in [2.05, 4.69) is 51.3 Å². The summed E-state index contributed by atoms with van der Waals surface area (Å²) in [7, 11) is 0. The summed E-state index contributed by atoms with van der Waals surface area (Å²) in [6.07, 6.45) is 0. The Hall–Kier alpha value is -3.36. The Morgan fingerprint density at radius 3 is 2.36 bits per heavy atom. The minimum Gasteiger partial charge on any atom is -0.358 e. The molecule has 0 atom stereocenters. The first-order valence-electron chi connectivity index (χ1n) is 11.8. The van der Waals surface area contributed by atoms with Crippen molar-refractivity contribution in [1.82, 2.24) is 25.2 Å². The summed E-state index contributed by atoms with van der Waals surface area (Å²) in [6, 6.07) is 18.6. The van der Waals surface area contributed by atoms with Crippen LogP contribution < -0.4 is 10.2 Å². The molecule has 1 aliphatic heterocycles. The van der Waals surface area contributed by atoms with Gasteiger partial charge in [-0.05, 0) is 61.1 Å². The fourth-order valence-electron chi connectivity index (χ4n) is 4.22. The van der Waals surface area contributed by atoms with Crippen LogP contribution in [0.5, 0.6) is 0 Å². The molecule has 3 heterocycles. The van der Waals surface area contributed by atoms with Crippen LogP contribution in [-0.4, -0.2) is 51.1 Å².